The number of benzene rings is 3. The van der Waals surface area contributed by atoms with Crippen LogP contribution >= 0.6 is 0 Å². The molecular weight excluding hydrogens is 518 g/mol. The molecule has 0 aliphatic heterocycles. The van der Waals surface area contributed by atoms with E-state index in [2.05, 4.69) is 10.3 Å². The summed E-state index contributed by atoms with van der Waals surface area (Å²) in [6, 6.07) is 18.0. The summed E-state index contributed by atoms with van der Waals surface area (Å²) in [5.41, 5.74) is -5.45. The number of phenolic OH excluding ortho intramolecular Hbond substituents is 1. The van der Waals surface area contributed by atoms with Crippen LogP contribution in [0.25, 0.3) is 0 Å². The van der Waals surface area contributed by atoms with E-state index in [0.29, 0.717) is 11.8 Å². The molecule has 1 amide bonds. The number of aromatic hydroxyl groups is 1. The number of carbonyl (C=O) groups excluding carboxylic acids is 1. The third-order valence-electron chi connectivity index (χ3n) is 4.72. The number of hydrogen-bond donors (Lipinski definition) is 3. The lowest BCUT2D eigenvalue weighted by atomic mass is 10.0. The van der Waals surface area contributed by atoms with Crippen LogP contribution in [0.3, 0.4) is 0 Å². The number of halogens is 6. The van der Waals surface area contributed by atoms with Gasteiger partial charge in [0.05, 0.1) is 16.7 Å². The molecule has 0 radical (unpaired) electrons. The number of pyridine rings is 1. The lowest BCUT2D eigenvalue weighted by Gasteiger charge is -2.20. The number of amides is 1. The molecule has 12 heteroatoms. The summed E-state index contributed by atoms with van der Waals surface area (Å²) < 4.78 is 85.9. The Kier molecular flexibility index (Phi) is 8.46. The highest BCUT2D eigenvalue weighted by atomic mass is 19.4. The molecule has 0 bridgehead atoms. The van der Waals surface area contributed by atoms with Gasteiger partial charge < -0.3 is 20.1 Å². The number of alkyl halides is 6. The maximum atomic E-state index is 13.6. The number of aromatic nitrogens is 1. The molecule has 0 atom stereocenters. The van der Waals surface area contributed by atoms with Gasteiger partial charge in [-0.1, -0.05) is 36.4 Å². The summed E-state index contributed by atoms with van der Waals surface area (Å²) in [6.45, 7) is 0. The Labute approximate surface area is 211 Å². The van der Waals surface area contributed by atoms with Crippen LogP contribution in [0.4, 0.5) is 32.0 Å². The molecule has 0 aliphatic carbocycles. The van der Waals surface area contributed by atoms with Gasteiger partial charge in [-0.2, -0.15) is 26.3 Å². The van der Waals surface area contributed by atoms with Crippen molar-refractivity contribution in [3.63, 3.8) is 0 Å². The Morgan fingerprint density at radius 1 is 0.816 bits per heavy atom. The van der Waals surface area contributed by atoms with Crippen LogP contribution < -0.4 is 15.6 Å². The van der Waals surface area contributed by atoms with E-state index in [1.54, 1.807) is 30.3 Å². The first-order valence-corrected chi connectivity index (χ1v) is 10.6. The minimum absolute atomic E-state index is 0.0832. The minimum atomic E-state index is -5.31. The van der Waals surface area contributed by atoms with Gasteiger partial charge in [-0.3, -0.25) is 9.59 Å². The molecule has 0 saturated heterocycles. The van der Waals surface area contributed by atoms with Gasteiger partial charge >= 0.3 is 12.4 Å². The zero-order valence-corrected chi connectivity index (χ0v) is 19.1. The maximum absolute atomic E-state index is 13.6. The van der Waals surface area contributed by atoms with Gasteiger partial charge in [0.1, 0.15) is 17.2 Å². The Bertz CT molecular complexity index is 1440. The topological polar surface area (TPSA) is 91.4 Å². The van der Waals surface area contributed by atoms with Gasteiger partial charge in [-0.05, 0) is 42.5 Å². The first-order valence-electron chi connectivity index (χ1n) is 10.6. The molecule has 3 N–H and O–H groups in total. The summed E-state index contributed by atoms with van der Waals surface area (Å²) in [6.07, 6.45) is -9.30. The van der Waals surface area contributed by atoms with Gasteiger partial charge in [0, 0.05) is 18.0 Å². The van der Waals surface area contributed by atoms with Crippen molar-refractivity contribution in [1.82, 2.24) is 4.98 Å². The van der Waals surface area contributed by atoms with Gasteiger partial charge in [0.15, 0.2) is 0 Å². The number of para-hydroxylation sites is 2. The predicted octanol–water partition coefficient (Wildman–Crippen LogP) is 6.85. The van der Waals surface area contributed by atoms with Crippen molar-refractivity contribution < 1.29 is 41.0 Å². The van der Waals surface area contributed by atoms with Crippen LogP contribution in [-0.4, -0.2) is 16.0 Å². The molecule has 4 aromatic rings. The number of carbonyl (C=O) groups is 1. The van der Waals surface area contributed by atoms with E-state index in [-0.39, 0.29) is 17.5 Å². The van der Waals surface area contributed by atoms with Gasteiger partial charge in [0.2, 0.25) is 5.56 Å². The van der Waals surface area contributed by atoms with Crippen LogP contribution in [0.5, 0.6) is 17.2 Å². The van der Waals surface area contributed by atoms with Crippen molar-refractivity contribution in [2.45, 2.75) is 12.4 Å². The number of rotatable bonds is 4. The molecule has 0 saturated carbocycles. The molecule has 0 aliphatic rings. The highest BCUT2D eigenvalue weighted by molar-refractivity contribution is 6.07. The lowest BCUT2D eigenvalue weighted by molar-refractivity contribution is -0.143. The summed E-state index contributed by atoms with van der Waals surface area (Å²) in [7, 11) is 0. The molecule has 1 aromatic heterocycles. The quantitative estimate of drug-likeness (QED) is 0.249. The number of anilines is 1. The van der Waals surface area contributed by atoms with Gasteiger partial charge in [0.25, 0.3) is 5.91 Å². The van der Waals surface area contributed by atoms with Crippen molar-refractivity contribution in [1.29, 1.82) is 0 Å². The fraction of sp³-hybridized carbons (Fsp3) is 0.0769. The van der Waals surface area contributed by atoms with Crippen molar-refractivity contribution in [3.05, 3.63) is 118 Å². The Balaban J connectivity index is 0.000000494. The summed E-state index contributed by atoms with van der Waals surface area (Å²) in [5, 5.41) is 10.7. The van der Waals surface area contributed by atoms with E-state index >= 15 is 0 Å². The third-order valence-corrected chi connectivity index (χ3v) is 4.72. The van der Waals surface area contributed by atoms with Crippen LogP contribution in [0, 0.1) is 0 Å². The zero-order valence-electron chi connectivity index (χ0n) is 19.1. The first kappa shape index (κ1) is 27.8. The second-order valence-corrected chi connectivity index (χ2v) is 7.54. The maximum Gasteiger partial charge on any atom is 0.417 e. The Hall–Kier alpha value is -4.74. The van der Waals surface area contributed by atoms with Crippen molar-refractivity contribution in [2.24, 2.45) is 0 Å². The number of ether oxygens (including phenoxy) is 1. The van der Waals surface area contributed by atoms with Crippen molar-refractivity contribution >= 4 is 11.6 Å². The van der Waals surface area contributed by atoms with Crippen LogP contribution in [0.2, 0.25) is 0 Å². The first-order chi connectivity index (χ1) is 17.8. The van der Waals surface area contributed by atoms with Crippen LogP contribution in [0.1, 0.15) is 21.5 Å². The molecule has 198 valence electrons. The highest BCUT2D eigenvalue weighted by Crippen LogP contribution is 2.42. The number of hydrogen-bond acceptors (Lipinski definition) is 4. The summed E-state index contributed by atoms with van der Waals surface area (Å²) in [5.74, 6) is -2.11. The molecule has 6 nitrogen and oxygen atoms in total. The average Bonchev–Trinajstić information content (AvgIpc) is 2.84. The molecule has 0 unspecified atom stereocenters. The third kappa shape index (κ3) is 7.63. The largest absolute Gasteiger partial charge is 0.508 e. The SMILES string of the molecule is O=C(Nc1cc[nH]c(=O)c1)c1c(Oc2ccccc2)cc(C(F)(F)F)cc1C(F)(F)F.Oc1ccccc1. The van der Waals surface area contributed by atoms with Crippen molar-refractivity contribution in [2.75, 3.05) is 5.32 Å². The zero-order chi connectivity index (χ0) is 27.9. The van der Waals surface area contributed by atoms with E-state index in [0.717, 1.165) is 12.3 Å². The number of nitrogens with one attached hydrogen (secondary N) is 2. The molecule has 38 heavy (non-hydrogen) atoms. The monoisotopic (exact) mass is 536 g/mol. The Morgan fingerprint density at radius 2 is 1.42 bits per heavy atom. The van der Waals surface area contributed by atoms with Gasteiger partial charge in [-0.15, -0.1) is 0 Å². The molecule has 0 spiro atoms. The minimum Gasteiger partial charge on any atom is -0.508 e. The summed E-state index contributed by atoms with van der Waals surface area (Å²) in [4.78, 5) is 26.3. The number of H-pyrrole nitrogens is 1. The molecule has 3 aromatic carbocycles. The number of phenols is 1. The van der Waals surface area contributed by atoms with Crippen LogP contribution in [-0.2, 0) is 12.4 Å². The fourth-order valence-electron chi connectivity index (χ4n) is 3.08. The van der Waals surface area contributed by atoms with Crippen LogP contribution in [0.15, 0.2) is 95.9 Å². The molecule has 4 rings (SSSR count). The molecule has 0 fully saturated rings. The molecule has 1 heterocycles. The summed E-state index contributed by atoms with van der Waals surface area (Å²) >= 11 is 0. The van der Waals surface area contributed by atoms with E-state index in [9.17, 15) is 35.9 Å². The smallest absolute Gasteiger partial charge is 0.417 e. The van der Waals surface area contributed by atoms with E-state index in [4.69, 9.17) is 9.84 Å². The number of aromatic amines is 1. The van der Waals surface area contributed by atoms with E-state index in [1.807, 2.05) is 6.07 Å². The fourth-order valence-corrected chi connectivity index (χ4v) is 3.08. The lowest BCUT2D eigenvalue weighted by Crippen LogP contribution is -2.22. The van der Waals surface area contributed by atoms with Crippen molar-refractivity contribution in [3.8, 4) is 17.2 Å². The second-order valence-electron chi connectivity index (χ2n) is 7.54. The second kappa shape index (κ2) is 11.5. The standard InChI is InChI=1S/C20H12F6N2O3.C6H6O/c21-19(22,23)11-8-14(20(24,25)26)17(15(9-11)31-13-4-2-1-3-5-13)18(30)28-12-6-7-27-16(29)10-12;7-6-4-2-1-3-5-6/h1-10H,(H2,27,28,29,30);1-5,7H. The predicted molar refractivity (Wildman–Crippen MR) is 126 cm³/mol. The average molecular weight is 536 g/mol. The van der Waals surface area contributed by atoms with E-state index in [1.165, 1.54) is 30.3 Å². The highest BCUT2D eigenvalue weighted by Gasteiger charge is 2.42. The van der Waals surface area contributed by atoms with E-state index < -0.39 is 46.3 Å². The normalized spacial score (nSPS) is 11.2. The Morgan fingerprint density at radius 3 is 1.92 bits per heavy atom. The van der Waals surface area contributed by atoms with Gasteiger partial charge in [-0.25, -0.2) is 0 Å². The molecular formula is C26H18F6N2O4.